The molecule has 0 spiro atoms. The molecule has 0 bridgehead atoms. The highest BCUT2D eigenvalue weighted by Gasteiger charge is 1.92. The third kappa shape index (κ3) is 14.1. The first kappa shape index (κ1) is 15.1. The second-order valence-corrected chi connectivity index (χ2v) is 4.50. The first-order valence-corrected chi connectivity index (χ1v) is 7.09. The molecular formula is C12H25O2P. The molecule has 2 nitrogen and oxygen atoms in total. The SMILES string of the molecule is CCCCCCCCCCCCOP=O. The van der Waals surface area contributed by atoms with Crippen molar-refractivity contribution < 1.29 is 9.09 Å². The molecular weight excluding hydrogens is 207 g/mol. The van der Waals surface area contributed by atoms with Gasteiger partial charge in [-0.25, -0.2) is 4.57 Å². The Kier molecular flexibility index (Phi) is 14.1. The summed E-state index contributed by atoms with van der Waals surface area (Å²) in [7, 11) is -0.175. The molecule has 0 atom stereocenters. The highest BCUT2D eigenvalue weighted by Crippen LogP contribution is 2.10. The van der Waals surface area contributed by atoms with Gasteiger partial charge in [-0.2, -0.15) is 0 Å². The molecule has 0 aromatic rings. The van der Waals surface area contributed by atoms with Gasteiger partial charge >= 0.3 is 8.69 Å². The van der Waals surface area contributed by atoms with Gasteiger partial charge in [0.15, 0.2) is 0 Å². The van der Waals surface area contributed by atoms with Crippen molar-refractivity contribution >= 4 is 8.69 Å². The number of hydrogen-bond donors (Lipinski definition) is 0. The maximum absolute atomic E-state index is 9.94. The van der Waals surface area contributed by atoms with Gasteiger partial charge in [-0.15, -0.1) is 0 Å². The quantitative estimate of drug-likeness (QED) is 0.344. The Hall–Kier alpha value is 0.0600. The van der Waals surface area contributed by atoms with E-state index in [4.69, 9.17) is 4.52 Å². The monoisotopic (exact) mass is 232 g/mol. The molecule has 3 heteroatoms. The highest BCUT2D eigenvalue weighted by atomic mass is 31.1. The van der Waals surface area contributed by atoms with Crippen molar-refractivity contribution in [2.75, 3.05) is 6.61 Å². The Morgan fingerprint density at radius 1 is 0.800 bits per heavy atom. The van der Waals surface area contributed by atoms with Crippen LogP contribution in [0.4, 0.5) is 0 Å². The molecule has 0 heterocycles. The zero-order chi connectivity index (χ0) is 11.2. The van der Waals surface area contributed by atoms with E-state index in [1.54, 1.807) is 0 Å². The summed E-state index contributed by atoms with van der Waals surface area (Å²) in [5.41, 5.74) is 0. The molecule has 15 heavy (non-hydrogen) atoms. The lowest BCUT2D eigenvalue weighted by molar-refractivity contribution is 0.328. The third-order valence-corrected chi connectivity index (χ3v) is 2.93. The summed E-state index contributed by atoms with van der Waals surface area (Å²) in [6.07, 6.45) is 13.2. The molecule has 0 radical (unpaired) electrons. The molecule has 0 fully saturated rings. The van der Waals surface area contributed by atoms with E-state index in [0.29, 0.717) is 6.61 Å². The van der Waals surface area contributed by atoms with E-state index in [1.807, 2.05) is 0 Å². The predicted molar refractivity (Wildman–Crippen MR) is 65.4 cm³/mol. The van der Waals surface area contributed by atoms with Crippen LogP contribution in [0.25, 0.3) is 0 Å². The van der Waals surface area contributed by atoms with Gasteiger partial charge in [0.25, 0.3) is 0 Å². The summed E-state index contributed by atoms with van der Waals surface area (Å²) >= 11 is 0. The molecule has 90 valence electrons. The lowest BCUT2D eigenvalue weighted by atomic mass is 10.1. The van der Waals surface area contributed by atoms with Crippen molar-refractivity contribution in [2.24, 2.45) is 0 Å². The van der Waals surface area contributed by atoms with Crippen LogP contribution in [0.2, 0.25) is 0 Å². The Balaban J connectivity index is 2.83. The molecule has 0 N–H and O–H groups in total. The summed E-state index contributed by atoms with van der Waals surface area (Å²) in [5, 5.41) is 0. The largest absolute Gasteiger partial charge is 0.327 e. The molecule has 0 aliphatic carbocycles. The van der Waals surface area contributed by atoms with Gasteiger partial charge in [-0.3, -0.25) is 4.52 Å². The Morgan fingerprint density at radius 2 is 1.27 bits per heavy atom. The Morgan fingerprint density at radius 3 is 1.73 bits per heavy atom. The first-order chi connectivity index (χ1) is 7.41. The van der Waals surface area contributed by atoms with Gasteiger partial charge in [0.2, 0.25) is 0 Å². The molecule has 0 saturated carbocycles. The summed E-state index contributed by atoms with van der Waals surface area (Å²) in [6, 6.07) is 0. The van der Waals surface area contributed by atoms with Crippen LogP contribution in [0, 0.1) is 0 Å². The average Bonchev–Trinajstić information content (AvgIpc) is 2.26. The van der Waals surface area contributed by atoms with Gasteiger partial charge in [-0.05, 0) is 6.42 Å². The molecule has 0 aliphatic heterocycles. The van der Waals surface area contributed by atoms with E-state index >= 15 is 0 Å². The van der Waals surface area contributed by atoms with Gasteiger partial charge in [-0.1, -0.05) is 64.7 Å². The van der Waals surface area contributed by atoms with E-state index in [-0.39, 0.29) is 8.69 Å². The topological polar surface area (TPSA) is 26.3 Å². The summed E-state index contributed by atoms with van der Waals surface area (Å²) in [4.78, 5) is 0. The van der Waals surface area contributed by atoms with E-state index in [2.05, 4.69) is 6.92 Å². The second-order valence-electron chi connectivity index (χ2n) is 4.09. The molecule has 0 aliphatic rings. The van der Waals surface area contributed by atoms with Crippen molar-refractivity contribution in [3.63, 3.8) is 0 Å². The number of hydrogen-bond acceptors (Lipinski definition) is 2. The van der Waals surface area contributed by atoms with Gasteiger partial charge in [0.05, 0.1) is 6.61 Å². The van der Waals surface area contributed by atoms with Crippen LogP contribution in [0.3, 0.4) is 0 Å². The fourth-order valence-electron chi connectivity index (χ4n) is 1.69. The second kappa shape index (κ2) is 14.1. The average molecular weight is 232 g/mol. The van der Waals surface area contributed by atoms with Crippen molar-refractivity contribution in [1.29, 1.82) is 0 Å². The molecule has 0 saturated heterocycles. The van der Waals surface area contributed by atoms with E-state index in [0.717, 1.165) is 6.42 Å². The van der Waals surface area contributed by atoms with Crippen molar-refractivity contribution in [3.05, 3.63) is 0 Å². The van der Waals surface area contributed by atoms with E-state index in [1.165, 1.54) is 57.8 Å². The lowest BCUT2D eigenvalue weighted by Crippen LogP contribution is -1.85. The molecule has 0 aromatic carbocycles. The standard InChI is InChI=1S/C12H25O2P/c1-2-3-4-5-6-7-8-9-10-11-12-14-15-13/h2-12H2,1H3. The zero-order valence-corrected chi connectivity index (χ0v) is 10.9. The normalized spacial score (nSPS) is 11.0. The smallest absolute Gasteiger partial charge is 0.294 e. The fraction of sp³-hybridized carbons (Fsp3) is 1.00. The summed E-state index contributed by atoms with van der Waals surface area (Å²) in [5.74, 6) is 0. The molecule has 0 rings (SSSR count). The van der Waals surface area contributed by atoms with Gasteiger partial charge in [0.1, 0.15) is 0 Å². The number of rotatable bonds is 12. The fourth-order valence-corrected chi connectivity index (χ4v) is 1.89. The third-order valence-electron chi connectivity index (χ3n) is 2.64. The molecule has 0 aromatic heterocycles. The molecule has 0 unspecified atom stereocenters. The van der Waals surface area contributed by atoms with Crippen LogP contribution in [0.15, 0.2) is 0 Å². The zero-order valence-electron chi connectivity index (χ0n) is 10.0. The summed E-state index contributed by atoms with van der Waals surface area (Å²) < 4.78 is 14.7. The van der Waals surface area contributed by atoms with Crippen molar-refractivity contribution in [1.82, 2.24) is 0 Å². The highest BCUT2D eigenvalue weighted by molar-refractivity contribution is 7.17. The van der Waals surface area contributed by atoms with Crippen molar-refractivity contribution in [2.45, 2.75) is 71.1 Å². The maximum Gasteiger partial charge on any atom is 0.327 e. The lowest BCUT2D eigenvalue weighted by Gasteiger charge is -2.01. The first-order valence-electron chi connectivity index (χ1n) is 6.36. The van der Waals surface area contributed by atoms with Crippen LogP contribution < -0.4 is 0 Å². The van der Waals surface area contributed by atoms with E-state index in [9.17, 15) is 4.57 Å². The predicted octanol–water partition coefficient (Wildman–Crippen LogP) is 5.13. The van der Waals surface area contributed by atoms with Crippen LogP contribution in [0.5, 0.6) is 0 Å². The van der Waals surface area contributed by atoms with Crippen LogP contribution in [-0.2, 0) is 9.09 Å². The Labute approximate surface area is 96.1 Å². The minimum Gasteiger partial charge on any atom is -0.294 e. The minimum absolute atomic E-state index is 0.175. The van der Waals surface area contributed by atoms with E-state index < -0.39 is 0 Å². The summed E-state index contributed by atoms with van der Waals surface area (Å²) in [6.45, 7) is 2.89. The van der Waals surface area contributed by atoms with Gasteiger partial charge < -0.3 is 0 Å². The maximum atomic E-state index is 9.94. The Bertz CT molecular complexity index is 129. The minimum atomic E-state index is -0.175. The van der Waals surface area contributed by atoms with Crippen molar-refractivity contribution in [3.8, 4) is 0 Å². The van der Waals surface area contributed by atoms with Crippen LogP contribution in [-0.4, -0.2) is 6.61 Å². The van der Waals surface area contributed by atoms with Crippen LogP contribution in [0.1, 0.15) is 71.1 Å². The van der Waals surface area contributed by atoms with Gasteiger partial charge in [0, 0.05) is 0 Å². The molecule has 0 amide bonds. The van der Waals surface area contributed by atoms with Crippen LogP contribution >= 0.6 is 8.69 Å². The number of unbranched alkanes of at least 4 members (excludes halogenated alkanes) is 9.